The zero-order valence-electron chi connectivity index (χ0n) is 13.9. The van der Waals surface area contributed by atoms with Crippen LogP contribution in [0.2, 0.25) is 0 Å². The third-order valence-corrected chi connectivity index (χ3v) is 5.22. The summed E-state index contributed by atoms with van der Waals surface area (Å²) in [5, 5.41) is 19.7. The highest BCUT2D eigenvalue weighted by molar-refractivity contribution is 7.99. The SMILES string of the molecule is Cc1nn(-c2ccccc2)c2c1C=Nn1c(nnc1-c1ccccc1)S2. The lowest BCUT2D eigenvalue weighted by molar-refractivity contribution is 0.764. The van der Waals surface area contributed by atoms with Crippen molar-refractivity contribution in [3.8, 4) is 17.1 Å². The standard InChI is InChI=1S/C19H14N6S/c1-13-16-12-20-25-17(14-8-4-2-5-9-14)21-22-19(25)26-18(16)24(23-13)15-10-6-3-7-11-15/h2-12H,1H3. The van der Waals surface area contributed by atoms with E-state index in [1.165, 1.54) is 11.8 Å². The van der Waals surface area contributed by atoms with Crippen molar-refractivity contribution in [3.05, 3.63) is 71.9 Å². The molecule has 5 rings (SSSR count). The summed E-state index contributed by atoms with van der Waals surface area (Å²) in [6, 6.07) is 20.0. The number of benzene rings is 2. The van der Waals surface area contributed by atoms with Crippen molar-refractivity contribution in [1.29, 1.82) is 0 Å². The maximum absolute atomic E-state index is 4.69. The fourth-order valence-electron chi connectivity index (χ4n) is 2.91. The highest BCUT2D eigenvalue weighted by atomic mass is 32.2. The molecule has 0 bridgehead atoms. The minimum Gasteiger partial charge on any atom is -0.226 e. The van der Waals surface area contributed by atoms with E-state index in [-0.39, 0.29) is 0 Å². The summed E-state index contributed by atoms with van der Waals surface area (Å²) < 4.78 is 3.72. The maximum Gasteiger partial charge on any atom is 0.218 e. The molecule has 0 unspecified atom stereocenters. The molecule has 1 aliphatic rings. The Morgan fingerprint density at radius 1 is 0.885 bits per heavy atom. The van der Waals surface area contributed by atoms with E-state index < -0.39 is 0 Å². The zero-order chi connectivity index (χ0) is 17.5. The van der Waals surface area contributed by atoms with Gasteiger partial charge in [0, 0.05) is 5.56 Å². The number of aromatic nitrogens is 5. The van der Waals surface area contributed by atoms with Crippen molar-refractivity contribution in [2.45, 2.75) is 17.1 Å². The molecule has 0 N–H and O–H groups in total. The Kier molecular flexibility index (Phi) is 3.46. The summed E-state index contributed by atoms with van der Waals surface area (Å²) in [6.45, 7) is 2.00. The number of hydrogen-bond acceptors (Lipinski definition) is 5. The fourth-order valence-corrected chi connectivity index (χ4v) is 3.93. The minimum absolute atomic E-state index is 0.718. The Morgan fingerprint density at radius 3 is 2.38 bits per heavy atom. The van der Waals surface area contributed by atoms with Gasteiger partial charge in [0.25, 0.3) is 0 Å². The monoisotopic (exact) mass is 358 g/mol. The second-order valence-electron chi connectivity index (χ2n) is 5.88. The Morgan fingerprint density at radius 2 is 1.62 bits per heavy atom. The van der Waals surface area contributed by atoms with E-state index in [9.17, 15) is 0 Å². The lowest BCUT2D eigenvalue weighted by atomic mass is 10.2. The predicted octanol–water partition coefficient (Wildman–Crippen LogP) is 3.79. The number of hydrogen-bond donors (Lipinski definition) is 0. The van der Waals surface area contributed by atoms with E-state index in [0.717, 1.165) is 38.5 Å². The minimum atomic E-state index is 0.718. The molecule has 0 atom stereocenters. The number of rotatable bonds is 2. The molecule has 6 nitrogen and oxygen atoms in total. The summed E-state index contributed by atoms with van der Waals surface area (Å²) in [5.74, 6) is 0.728. The van der Waals surface area contributed by atoms with E-state index >= 15 is 0 Å². The van der Waals surface area contributed by atoms with Gasteiger partial charge in [-0.2, -0.15) is 14.9 Å². The van der Waals surface area contributed by atoms with E-state index in [0.29, 0.717) is 0 Å². The topological polar surface area (TPSA) is 60.9 Å². The number of nitrogens with zero attached hydrogens (tertiary/aromatic N) is 6. The van der Waals surface area contributed by atoms with Gasteiger partial charge in [0.15, 0.2) is 5.82 Å². The van der Waals surface area contributed by atoms with Crippen molar-refractivity contribution >= 4 is 18.0 Å². The van der Waals surface area contributed by atoms with Crippen molar-refractivity contribution in [2.24, 2.45) is 5.10 Å². The van der Waals surface area contributed by atoms with Crippen LogP contribution in [0.4, 0.5) is 0 Å². The molecule has 0 aliphatic carbocycles. The molecule has 4 aromatic rings. The maximum atomic E-state index is 4.69. The Balaban J connectivity index is 1.65. The zero-order valence-corrected chi connectivity index (χ0v) is 14.8. The number of para-hydroxylation sites is 1. The van der Waals surface area contributed by atoms with Gasteiger partial charge in [0.1, 0.15) is 5.03 Å². The van der Waals surface area contributed by atoms with Crippen LogP contribution in [0.15, 0.2) is 75.9 Å². The van der Waals surface area contributed by atoms with E-state index in [1.54, 1.807) is 4.68 Å². The molecule has 0 radical (unpaired) electrons. The summed E-state index contributed by atoms with van der Waals surface area (Å²) in [5.41, 5.74) is 3.92. The third kappa shape index (κ3) is 2.36. The van der Waals surface area contributed by atoms with Gasteiger partial charge in [-0.1, -0.05) is 48.5 Å². The van der Waals surface area contributed by atoms with Crippen LogP contribution in [0, 0.1) is 6.92 Å². The summed E-state index contributed by atoms with van der Waals surface area (Å²) >= 11 is 1.53. The predicted molar refractivity (Wildman–Crippen MR) is 101 cm³/mol. The molecule has 0 saturated heterocycles. The van der Waals surface area contributed by atoms with Gasteiger partial charge in [0.05, 0.1) is 23.2 Å². The lowest BCUT2D eigenvalue weighted by Crippen LogP contribution is -1.99. The van der Waals surface area contributed by atoms with Crippen molar-refractivity contribution in [3.63, 3.8) is 0 Å². The number of aryl methyl sites for hydroxylation is 1. The summed E-state index contributed by atoms with van der Waals surface area (Å²) in [4.78, 5) is 0. The molecule has 0 saturated carbocycles. The van der Waals surface area contributed by atoms with Crippen LogP contribution in [0.3, 0.4) is 0 Å². The Hall–Kier alpha value is -3.19. The van der Waals surface area contributed by atoms with Crippen LogP contribution >= 0.6 is 11.8 Å². The second-order valence-corrected chi connectivity index (χ2v) is 6.84. The van der Waals surface area contributed by atoms with Crippen LogP contribution in [0.1, 0.15) is 11.3 Å². The van der Waals surface area contributed by atoms with Crippen LogP contribution in [-0.2, 0) is 0 Å². The highest BCUT2D eigenvalue weighted by Crippen LogP contribution is 2.35. The molecule has 3 heterocycles. The first-order chi connectivity index (χ1) is 12.8. The smallest absolute Gasteiger partial charge is 0.218 e. The number of fused-ring (bicyclic) bond motifs is 2. The van der Waals surface area contributed by atoms with E-state index in [4.69, 9.17) is 0 Å². The van der Waals surface area contributed by atoms with Gasteiger partial charge in [-0.05, 0) is 30.8 Å². The van der Waals surface area contributed by atoms with E-state index in [2.05, 4.69) is 20.4 Å². The second kappa shape index (κ2) is 5.96. The van der Waals surface area contributed by atoms with Gasteiger partial charge in [-0.25, -0.2) is 4.68 Å². The fraction of sp³-hybridized carbons (Fsp3) is 0.0526. The van der Waals surface area contributed by atoms with Crippen LogP contribution in [-0.4, -0.2) is 30.9 Å². The first kappa shape index (κ1) is 15.1. The molecule has 2 aromatic heterocycles. The summed E-state index contributed by atoms with van der Waals surface area (Å²) in [6.07, 6.45) is 1.84. The van der Waals surface area contributed by atoms with Crippen molar-refractivity contribution in [2.75, 3.05) is 0 Å². The molecule has 1 aliphatic heterocycles. The average Bonchev–Trinajstić information content (AvgIpc) is 3.17. The van der Waals surface area contributed by atoms with Gasteiger partial charge < -0.3 is 0 Å². The summed E-state index contributed by atoms with van der Waals surface area (Å²) in [7, 11) is 0. The highest BCUT2D eigenvalue weighted by Gasteiger charge is 2.24. The van der Waals surface area contributed by atoms with Gasteiger partial charge >= 0.3 is 0 Å². The molecule has 26 heavy (non-hydrogen) atoms. The lowest BCUT2D eigenvalue weighted by Gasteiger charge is -2.06. The third-order valence-electron chi connectivity index (χ3n) is 4.20. The largest absolute Gasteiger partial charge is 0.226 e. The molecule has 0 amide bonds. The van der Waals surface area contributed by atoms with Crippen LogP contribution in [0.25, 0.3) is 17.1 Å². The van der Waals surface area contributed by atoms with Crippen LogP contribution < -0.4 is 0 Å². The van der Waals surface area contributed by atoms with Gasteiger partial charge in [-0.15, -0.1) is 10.2 Å². The average molecular weight is 358 g/mol. The molecule has 7 heteroatoms. The Bertz CT molecular complexity index is 1110. The quantitative estimate of drug-likeness (QED) is 0.482. The van der Waals surface area contributed by atoms with Gasteiger partial charge in [0.2, 0.25) is 5.16 Å². The normalized spacial score (nSPS) is 12.5. The first-order valence-corrected chi connectivity index (χ1v) is 9.01. The first-order valence-electron chi connectivity index (χ1n) is 8.19. The van der Waals surface area contributed by atoms with Crippen LogP contribution in [0.5, 0.6) is 0 Å². The molecule has 0 spiro atoms. The van der Waals surface area contributed by atoms with E-state index in [1.807, 2.05) is 78.5 Å². The molecule has 126 valence electrons. The molecule has 0 fully saturated rings. The van der Waals surface area contributed by atoms with Crippen molar-refractivity contribution < 1.29 is 0 Å². The molecular formula is C19H14N6S. The molecule has 2 aromatic carbocycles. The Labute approximate surface area is 154 Å². The molecular weight excluding hydrogens is 344 g/mol. The van der Waals surface area contributed by atoms with Crippen molar-refractivity contribution in [1.82, 2.24) is 24.7 Å². The van der Waals surface area contributed by atoms with Gasteiger partial charge in [-0.3, -0.25) is 0 Å².